The predicted molar refractivity (Wildman–Crippen MR) is 78.0 cm³/mol. The summed E-state index contributed by atoms with van der Waals surface area (Å²) in [5, 5.41) is 0.705. The number of benzene rings is 1. The molecule has 100 valence electrons. The SMILES string of the molecule is CCCOC1C(Br)CC1Oc1cc(Cl)ccc1C. The molecule has 0 heterocycles. The summed E-state index contributed by atoms with van der Waals surface area (Å²) in [5.74, 6) is 0.858. The highest BCUT2D eigenvalue weighted by Gasteiger charge is 2.42. The third kappa shape index (κ3) is 3.19. The van der Waals surface area contributed by atoms with Gasteiger partial charge in [0.1, 0.15) is 18.0 Å². The number of rotatable bonds is 5. The molecule has 1 aromatic carbocycles. The van der Waals surface area contributed by atoms with E-state index in [1.807, 2.05) is 25.1 Å². The van der Waals surface area contributed by atoms with Crippen molar-refractivity contribution in [2.75, 3.05) is 6.61 Å². The van der Waals surface area contributed by atoms with Gasteiger partial charge in [-0.1, -0.05) is 40.5 Å². The summed E-state index contributed by atoms with van der Waals surface area (Å²) < 4.78 is 11.8. The van der Waals surface area contributed by atoms with E-state index in [4.69, 9.17) is 21.1 Å². The van der Waals surface area contributed by atoms with Gasteiger partial charge in [-0.2, -0.15) is 0 Å². The molecule has 2 rings (SSSR count). The maximum Gasteiger partial charge on any atom is 0.127 e. The summed E-state index contributed by atoms with van der Waals surface area (Å²) >= 11 is 9.60. The maximum atomic E-state index is 6.00. The van der Waals surface area contributed by atoms with E-state index in [0.717, 1.165) is 30.8 Å². The molecular formula is C14H18BrClO2. The first-order valence-electron chi connectivity index (χ1n) is 6.30. The van der Waals surface area contributed by atoms with E-state index in [9.17, 15) is 0 Å². The van der Waals surface area contributed by atoms with Gasteiger partial charge >= 0.3 is 0 Å². The standard InChI is InChI=1S/C14H18BrClO2/c1-3-6-17-14-11(15)8-13(14)18-12-7-10(16)5-4-9(12)2/h4-5,7,11,13-14H,3,6,8H2,1-2H3. The highest BCUT2D eigenvalue weighted by Crippen LogP contribution is 2.35. The summed E-state index contributed by atoms with van der Waals surface area (Å²) in [5.41, 5.74) is 1.10. The monoisotopic (exact) mass is 332 g/mol. The van der Waals surface area contributed by atoms with Crippen LogP contribution >= 0.6 is 27.5 Å². The lowest BCUT2D eigenvalue weighted by Crippen LogP contribution is -2.52. The topological polar surface area (TPSA) is 18.5 Å². The van der Waals surface area contributed by atoms with E-state index < -0.39 is 0 Å². The van der Waals surface area contributed by atoms with Crippen molar-refractivity contribution < 1.29 is 9.47 Å². The summed E-state index contributed by atoms with van der Waals surface area (Å²) in [4.78, 5) is 0.397. The molecule has 3 atom stereocenters. The van der Waals surface area contributed by atoms with Gasteiger partial charge in [-0.25, -0.2) is 0 Å². The number of hydrogen-bond acceptors (Lipinski definition) is 2. The van der Waals surface area contributed by atoms with Crippen LogP contribution in [-0.4, -0.2) is 23.6 Å². The van der Waals surface area contributed by atoms with Crippen LogP contribution in [0.2, 0.25) is 5.02 Å². The number of ether oxygens (including phenoxy) is 2. The molecule has 0 saturated heterocycles. The van der Waals surface area contributed by atoms with Crippen LogP contribution in [0.3, 0.4) is 0 Å². The fourth-order valence-corrected chi connectivity index (χ4v) is 3.00. The van der Waals surface area contributed by atoms with Crippen LogP contribution < -0.4 is 4.74 Å². The second kappa shape index (κ2) is 6.27. The molecule has 18 heavy (non-hydrogen) atoms. The molecule has 0 amide bonds. The second-order valence-electron chi connectivity index (χ2n) is 4.65. The average molecular weight is 334 g/mol. The lowest BCUT2D eigenvalue weighted by molar-refractivity contribution is -0.0763. The molecule has 0 bridgehead atoms. The quantitative estimate of drug-likeness (QED) is 0.745. The van der Waals surface area contributed by atoms with E-state index in [1.54, 1.807) is 0 Å². The number of aryl methyl sites for hydroxylation is 1. The zero-order chi connectivity index (χ0) is 13.1. The minimum atomic E-state index is 0.123. The molecule has 0 aromatic heterocycles. The Labute approximate surface area is 122 Å². The fraction of sp³-hybridized carbons (Fsp3) is 0.571. The molecule has 3 unspecified atom stereocenters. The van der Waals surface area contributed by atoms with Gasteiger partial charge in [-0.3, -0.25) is 0 Å². The summed E-state index contributed by atoms with van der Waals surface area (Å²) in [7, 11) is 0. The zero-order valence-electron chi connectivity index (χ0n) is 10.7. The van der Waals surface area contributed by atoms with Crippen LogP contribution in [-0.2, 0) is 4.74 Å². The molecule has 0 radical (unpaired) electrons. The van der Waals surface area contributed by atoms with Gasteiger partial charge in [0.15, 0.2) is 0 Å². The third-order valence-corrected chi connectivity index (χ3v) is 4.25. The van der Waals surface area contributed by atoms with Gasteiger partial charge in [0.25, 0.3) is 0 Å². The Balaban J connectivity index is 1.98. The smallest absolute Gasteiger partial charge is 0.127 e. The molecule has 1 aromatic rings. The molecule has 1 aliphatic rings. The molecule has 0 spiro atoms. The van der Waals surface area contributed by atoms with Crippen LogP contribution in [0.5, 0.6) is 5.75 Å². The van der Waals surface area contributed by atoms with Crippen molar-refractivity contribution in [2.45, 2.75) is 43.7 Å². The maximum absolute atomic E-state index is 6.00. The molecule has 1 saturated carbocycles. The summed E-state index contributed by atoms with van der Waals surface area (Å²) in [6, 6.07) is 5.72. The average Bonchev–Trinajstić information content (AvgIpc) is 2.33. The highest BCUT2D eigenvalue weighted by molar-refractivity contribution is 9.09. The van der Waals surface area contributed by atoms with Crippen molar-refractivity contribution >= 4 is 27.5 Å². The van der Waals surface area contributed by atoms with Gasteiger partial charge in [0.05, 0.1) is 0 Å². The van der Waals surface area contributed by atoms with Crippen LogP contribution in [0.1, 0.15) is 25.3 Å². The van der Waals surface area contributed by atoms with Crippen LogP contribution in [0.15, 0.2) is 18.2 Å². The van der Waals surface area contributed by atoms with Gasteiger partial charge in [0, 0.05) is 22.9 Å². The Bertz CT molecular complexity index is 411. The highest BCUT2D eigenvalue weighted by atomic mass is 79.9. The first-order valence-corrected chi connectivity index (χ1v) is 7.59. The van der Waals surface area contributed by atoms with Crippen molar-refractivity contribution in [3.8, 4) is 5.75 Å². The zero-order valence-corrected chi connectivity index (χ0v) is 13.0. The van der Waals surface area contributed by atoms with E-state index in [0.29, 0.717) is 9.85 Å². The molecule has 1 fully saturated rings. The van der Waals surface area contributed by atoms with Gasteiger partial charge < -0.3 is 9.47 Å². The minimum absolute atomic E-state index is 0.123. The molecule has 0 N–H and O–H groups in total. The van der Waals surface area contributed by atoms with E-state index >= 15 is 0 Å². The van der Waals surface area contributed by atoms with E-state index in [-0.39, 0.29) is 12.2 Å². The molecule has 1 aliphatic carbocycles. The molecule has 2 nitrogen and oxygen atoms in total. The predicted octanol–water partition coefficient (Wildman–Crippen LogP) is 4.36. The number of hydrogen-bond donors (Lipinski definition) is 0. The lowest BCUT2D eigenvalue weighted by Gasteiger charge is -2.41. The Morgan fingerprint density at radius 1 is 1.44 bits per heavy atom. The van der Waals surface area contributed by atoms with E-state index in [2.05, 4.69) is 22.9 Å². The largest absolute Gasteiger partial charge is 0.487 e. The Hall–Kier alpha value is -0.250. The molecule has 4 heteroatoms. The number of halogens is 2. The first kappa shape index (κ1) is 14.2. The molecular weight excluding hydrogens is 316 g/mol. The van der Waals surface area contributed by atoms with Crippen molar-refractivity contribution in [2.24, 2.45) is 0 Å². The first-order chi connectivity index (χ1) is 8.61. The Morgan fingerprint density at radius 2 is 2.22 bits per heavy atom. The van der Waals surface area contributed by atoms with Gasteiger partial charge in [-0.15, -0.1) is 0 Å². The van der Waals surface area contributed by atoms with Crippen molar-refractivity contribution in [1.29, 1.82) is 0 Å². The Kier molecular flexibility index (Phi) is 4.93. The second-order valence-corrected chi connectivity index (χ2v) is 6.27. The lowest BCUT2D eigenvalue weighted by atomic mass is 9.91. The van der Waals surface area contributed by atoms with Crippen LogP contribution in [0.25, 0.3) is 0 Å². The van der Waals surface area contributed by atoms with Crippen LogP contribution in [0.4, 0.5) is 0 Å². The third-order valence-electron chi connectivity index (χ3n) is 3.12. The summed E-state index contributed by atoms with van der Waals surface area (Å²) in [6.45, 7) is 4.91. The summed E-state index contributed by atoms with van der Waals surface area (Å²) in [6.07, 6.45) is 2.26. The van der Waals surface area contributed by atoms with Crippen LogP contribution in [0, 0.1) is 6.92 Å². The van der Waals surface area contributed by atoms with Crippen molar-refractivity contribution in [3.63, 3.8) is 0 Å². The van der Waals surface area contributed by atoms with Gasteiger partial charge in [-0.05, 0) is 31.0 Å². The molecule has 0 aliphatic heterocycles. The normalized spacial score (nSPS) is 26.8. The number of alkyl halides is 1. The Morgan fingerprint density at radius 3 is 2.89 bits per heavy atom. The minimum Gasteiger partial charge on any atom is -0.487 e. The van der Waals surface area contributed by atoms with E-state index in [1.165, 1.54) is 0 Å². The fourth-order valence-electron chi connectivity index (χ4n) is 1.97. The van der Waals surface area contributed by atoms with Crippen molar-refractivity contribution in [3.05, 3.63) is 28.8 Å². The van der Waals surface area contributed by atoms with Crippen molar-refractivity contribution in [1.82, 2.24) is 0 Å². The van der Waals surface area contributed by atoms with Gasteiger partial charge in [0.2, 0.25) is 0 Å².